The van der Waals surface area contributed by atoms with Crippen molar-refractivity contribution in [2.45, 2.75) is 26.4 Å². The Morgan fingerprint density at radius 3 is 2.83 bits per heavy atom. The molecule has 0 radical (unpaired) electrons. The smallest absolute Gasteiger partial charge is 0.311 e. The number of aromatic nitrogens is 3. The number of hydrogen-bond acceptors (Lipinski definition) is 6. The highest BCUT2D eigenvalue weighted by Gasteiger charge is 2.36. The van der Waals surface area contributed by atoms with Gasteiger partial charge in [0.15, 0.2) is 0 Å². The number of methoxy groups -OCH3 is 2. The second-order valence-electron chi connectivity index (χ2n) is 5.93. The third-order valence-corrected chi connectivity index (χ3v) is 4.74. The molecule has 2 unspecified atom stereocenters. The van der Waals surface area contributed by atoms with Gasteiger partial charge in [0.2, 0.25) is 0 Å². The number of aryl methyl sites for hydroxylation is 2. The summed E-state index contributed by atoms with van der Waals surface area (Å²) in [6.07, 6.45) is 2.04. The van der Waals surface area contributed by atoms with E-state index in [-0.39, 0.29) is 18.0 Å². The molecule has 1 fully saturated rings. The van der Waals surface area contributed by atoms with Crippen LogP contribution in [-0.4, -0.2) is 54.3 Å². The number of esters is 1. The minimum absolute atomic E-state index is 0.207. The zero-order valence-corrected chi connectivity index (χ0v) is 13.9. The Kier molecular flexibility index (Phi) is 4.21. The molecule has 0 bridgehead atoms. The van der Waals surface area contributed by atoms with Crippen molar-refractivity contribution in [1.29, 1.82) is 0 Å². The highest BCUT2D eigenvalue weighted by molar-refractivity contribution is 5.91. The molecule has 0 saturated carbocycles. The van der Waals surface area contributed by atoms with Gasteiger partial charge in [-0.1, -0.05) is 0 Å². The van der Waals surface area contributed by atoms with Crippen LogP contribution in [0.1, 0.15) is 17.7 Å². The van der Waals surface area contributed by atoms with Crippen molar-refractivity contribution in [2.24, 2.45) is 5.92 Å². The van der Waals surface area contributed by atoms with Crippen molar-refractivity contribution in [3.8, 4) is 0 Å². The van der Waals surface area contributed by atoms with Crippen LogP contribution in [0.15, 0.2) is 6.33 Å². The maximum Gasteiger partial charge on any atom is 0.311 e. The summed E-state index contributed by atoms with van der Waals surface area (Å²) < 4.78 is 10.4. The number of nitrogens with one attached hydrogen (secondary N) is 1. The first-order valence-electron chi connectivity index (χ1n) is 7.72. The predicted octanol–water partition coefficient (Wildman–Crippen LogP) is 1.59. The average molecular weight is 318 g/mol. The standard InChI is InChI=1S/C16H22N4O3/c1-9-10(2)19-14-13(9)15(18-8-17-14)20-6-5-11(16(21)23-4)12(7-20)22-3/h8,11-12H,5-7H2,1-4H3,(H,17,18,19). The van der Waals surface area contributed by atoms with Crippen LogP contribution in [0.5, 0.6) is 0 Å². The van der Waals surface area contributed by atoms with Crippen molar-refractivity contribution in [1.82, 2.24) is 15.0 Å². The van der Waals surface area contributed by atoms with Gasteiger partial charge < -0.3 is 19.4 Å². The number of rotatable bonds is 3. The first kappa shape index (κ1) is 15.7. The van der Waals surface area contributed by atoms with Gasteiger partial charge in [0.25, 0.3) is 0 Å². The van der Waals surface area contributed by atoms with Crippen LogP contribution in [0.3, 0.4) is 0 Å². The Morgan fingerprint density at radius 1 is 1.35 bits per heavy atom. The Labute approximate surface area is 135 Å². The van der Waals surface area contributed by atoms with E-state index in [2.05, 4.69) is 26.8 Å². The lowest BCUT2D eigenvalue weighted by Gasteiger charge is -2.37. The fraction of sp³-hybridized carbons (Fsp3) is 0.562. The van der Waals surface area contributed by atoms with Gasteiger partial charge in [-0.05, 0) is 25.8 Å². The largest absolute Gasteiger partial charge is 0.469 e. The minimum atomic E-state index is -0.229. The van der Waals surface area contributed by atoms with Crippen LogP contribution in [0.25, 0.3) is 11.0 Å². The van der Waals surface area contributed by atoms with Crippen molar-refractivity contribution in [3.05, 3.63) is 17.6 Å². The van der Waals surface area contributed by atoms with Crippen LogP contribution in [-0.2, 0) is 14.3 Å². The molecule has 0 spiro atoms. The molecular formula is C16H22N4O3. The van der Waals surface area contributed by atoms with E-state index < -0.39 is 0 Å². The van der Waals surface area contributed by atoms with Gasteiger partial charge in [0.05, 0.1) is 24.5 Å². The van der Waals surface area contributed by atoms with E-state index in [1.807, 2.05) is 6.92 Å². The number of aromatic amines is 1. The van der Waals surface area contributed by atoms with E-state index >= 15 is 0 Å². The summed E-state index contributed by atoms with van der Waals surface area (Å²) in [5, 5.41) is 1.04. The van der Waals surface area contributed by atoms with Gasteiger partial charge in [-0.3, -0.25) is 4.79 Å². The number of carbonyl (C=O) groups excluding carboxylic acids is 1. The summed E-state index contributed by atoms with van der Waals surface area (Å²) in [7, 11) is 3.05. The minimum Gasteiger partial charge on any atom is -0.469 e. The van der Waals surface area contributed by atoms with Crippen molar-refractivity contribution >= 4 is 22.8 Å². The number of hydrogen-bond donors (Lipinski definition) is 1. The molecule has 1 aliphatic heterocycles. The SMILES string of the molecule is COC(=O)C1CCN(c2ncnc3[nH]c(C)c(C)c23)CC1OC. The molecule has 2 aromatic heterocycles. The second kappa shape index (κ2) is 6.16. The molecule has 2 atom stereocenters. The van der Waals surface area contributed by atoms with E-state index in [0.29, 0.717) is 13.0 Å². The predicted molar refractivity (Wildman–Crippen MR) is 86.5 cm³/mol. The molecule has 1 saturated heterocycles. The summed E-state index contributed by atoms with van der Waals surface area (Å²) in [5.41, 5.74) is 3.09. The van der Waals surface area contributed by atoms with E-state index in [0.717, 1.165) is 34.7 Å². The lowest BCUT2D eigenvalue weighted by atomic mass is 9.93. The molecule has 7 nitrogen and oxygen atoms in total. The number of ether oxygens (including phenoxy) is 2. The molecule has 23 heavy (non-hydrogen) atoms. The fourth-order valence-electron chi connectivity index (χ4n) is 3.28. The van der Waals surface area contributed by atoms with Gasteiger partial charge in [0, 0.05) is 25.9 Å². The molecule has 0 aromatic carbocycles. The van der Waals surface area contributed by atoms with Crippen molar-refractivity contribution in [2.75, 3.05) is 32.2 Å². The van der Waals surface area contributed by atoms with Gasteiger partial charge in [0.1, 0.15) is 17.8 Å². The molecule has 1 aliphatic rings. The summed E-state index contributed by atoms with van der Waals surface area (Å²) in [4.78, 5) is 26.1. The van der Waals surface area contributed by atoms with Crippen molar-refractivity contribution < 1.29 is 14.3 Å². The molecule has 3 heterocycles. The maximum absolute atomic E-state index is 11.9. The fourth-order valence-corrected chi connectivity index (χ4v) is 3.28. The average Bonchev–Trinajstić information content (AvgIpc) is 2.88. The monoisotopic (exact) mass is 318 g/mol. The number of anilines is 1. The summed E-state index contributed by atoms with van der Waals surface area (Å²) >= 11 is 0. The highest BCUT2D eigenvalue weighted by atomic mass is 16.5. The first-order valence-corrected chi connectivity index (χ1v) is 7.72. The summed E-state index contributed by atoms with van der Waals surface area (Å²) in [6.45, 7) is 5.43. The molecule has 2 aromatic rings. The second-order valence-corrected chi connectivity index (χ2v) is 5.93. The van der Waals surface area contributed by atoms with Gasteiger partial charge >= 0.3 is 5.97 Å². The Hall–Kier alpha value is -2.15. The number of H-pyrrole nitrogens is 1. The zero-order chi connectivity index (χ0) is 16.6. The van der Waals surface area contributed by atoms with E-state index in [1.165, 1.54) is 7.11 Å². The molecule has 124 valence electrons. The lowest BCUT2D eigenvalue weighted by Crippen LogP contribution is -2.48. The van der Waals surface area contributed by atoms with Gasteiger partial charge in [-0.25, -0.2) is 9.97 Å². The topological polar surface area (TPSA) is 80.3 Å². The number of carbonyl (C=O) groups is 1. The number of nitrogens with zero attached hydrogens (tertiary/aromatic N) is 3. The molecule has 0 amide bonds. The molecule has 7 heteroatoms. The summed E-state index contributed by atoms with van der Waals surface area (Å²) in [6, 6.07) is 0. The maximum atomic E-state index is 11.9. The van der Waals surface area contributed by atoms with Crippen LogP contribution in [0.2, 0.25) is 0 Å². The van der Waals surface area contributed by atoms with Gasteiger partial charge in [-0.15, -0.1) is 0 Å². The van der Waals surface area contributed by atoms with Crippen molar-refractivity contribution in [3.63, 3.8) is 0 Å². The van der Waals surface area contributed by atoms with Crippen LogP contribution < -0.4 is 4.90 Å². The summed E-state index contributed by atoms with van der Waals surface area (Å²) in [5.74, 6) is 0.452. The normalized spacial score (nSPS) is 21.7. The quantitative estimate of drug-likeness (QED) is 0.866. The lowest BCUT2D eigenvalue weighted by molar-refractivity contribution is -0.151. The first-order chi connectivity index (χ1) is 11.1. The van der Waals surface area contributed by atoms with Crippen LogP contribution in [0, 0.1) is 19.8 Å². The molecular weight excluding hydrogens is 296 g/mol. The Bertz CT molecular complexity index is 727. The van der Waals surface area contributed by atoms with Gasteiger partial charge in [-0.2, -0.15) is 0 Å². The highest BCUT2D eigenvalue weighted by Crippen LogP contribution is 2.31. The number of piperidine rings is 1. The Balaban J connectivity index is 1.93. The molecule has 3 rings (SSSR count). The van der Waals surface area contributed by atoms with E-state index in [1.54, 1.807) is 13.4 Å². The zero-order valence-electron chi connectivity index (χ0n) is 13.9. The van der Waals surface area contributed by atoms with Crippen LogP contribution >= 0.6 is 0 Å². The molecule has 1 N–H and O–H groups in total. The van der Waals surface area contributed by atoms with E-state index in [9.17, 15) is 4.79 Å². The number of fused-ring (bicyclic) bond motifs is 1. The third kappa shape index (κ3) is 2.65. The molecule has 0 aliphatic carbocycles. The Morgan fingerprint density at radius 2 is 2.13 bits per heavy atom. The third-order valence-electron chi connectivity index (χ3n) is 4.74. The van der Waals surface area contributed by atoms with Crippen LogP contribution in [0.4, 0.5) is 5.82 Å². The van der Waals surface area contributed by atoms with E-state index in [4.69, 9.17) is 9.47 Å².